The Kier molecular flexibility index (Phi) is 9.29. The van der Waals surface area contributed by atoms with E-state index in [-0.39, 0.29) is 41.2 Å². The third-order valence-corrected chi connectivity index (χ3v) is 6.16. The fraction of sp³-hybridized carbons (Fsp3) is 0.0968. The van der Waals surface area contributed by atoms with E-state index in [1.54, 1.807) is 0 Å². The van der Waals surface area contributed by atoms with Gasteiger partial charge in [0.15, 0.2) is 0 Å². The van der Waals surface area contributed by atoms with Crippen molar-refractivity contribution in [2.75, 3.05) is 5.32 Å². The van der Waals surface area contributed by atoms with Crippen LogP contribution < -0.4 is 16.0 Å². The molecule has 0 atom stereocenters. The van der Waals surface area contributed by atoms with Crippen molar-refractivity contribution >= 4 is 34.9 Å². The zero-order chi connectivity index (χ0) is 29.2. The number of rotatable bonds is 11. The van der Waals surface area contributed by atoms with Crippen LogP contribution >= 0.6 is 0 Å². The Morgan fingerprint density at radius 1 is 0.683 bits per heavy atom. The van der Waals surface area contributed by atoms with Crippen LogP contribution in [0.4, 0.5) is 11.4 Å². The molecule has 4 aromatic carbocycles. The standard InChI is InChI=1S/C31H26N4O6/c36-28(18-23-13-7-8-14-27(23)35(40)41)31(39)34-26-17-24(29(37)32-19-21-9-3-1-4-10-21)15-16-25(26)30(38)33-20-22-11-5-2-6-12-22/h1-17H,18-20H2,(H,32,37)(H,33,38)(H,34,39). The van der Waals surface area contributed by atoms with Crippen LogP contribution in [-0.4, -0.2) is 28.4 Å². The summed E-state index contributed by atoms with van der Waals surface area (Å²) in [7, 11) is 0. The molecule has 0 radical (unpaired) electrons. The van der Waals surface area contributed by atoms with Gasteiger partial charge < -0.3 is 16.0 Å². The normalized spacial score (nSPS) is 10.3. The van der Waals surface area contributed by atoms with Gasteiger partial charge in [-0.3, -0.25) is 29.3 Å². The van der Waals surface area contributed by atoms with Gasteiger partial charge in [-0.15, -0.1) is 0 Å². The van der Waals surface area contributed by atoms with Gasteiger partial charge in [0.2, 0.25) is 5.78 Å². The van der Waals surface area contributed by atoms with Crippen LogP contribution in [0.15, 0.2) is 103 Å². The van der Waals surface area contributed by atoms with Crippen molar-refractivity contribution in [2.45, 2.75) is 19.5 Å². The summed E-state index contributed by atoms with van der Waals surface area (Å²) in [6.07, 6.45) is -0.518. The Balaban J connectivity index is 1.54. The second-order valence-electron chi connectivity index (χ2n) is 9.04. The van der Waals surface area contributed by atoms with E-state index in [0.717, 1.165) is 11.1 Å². The molecule has 10 heteroatoms. The predicted octanol–water partition coefficient (Wildman–Crippen LogP) is 4.21. The van der Waals surface area contributed by atoms with Gasteiger partial charge in [-0.2, -0.15) is 0 Å². The maximum Gasteiger partial charge on any atom is 0.292 e. The highest BCUT2D eigenvalue weighted by molar-refractivity contribution is 6.41. The molecule has 0 aliphatic carbocycles. The number of nitro benzene ring substituents is 1. The highest BCUT2D eigenvalue weighted by Gasteiger charge is 2.23. The fourth-order valence-corrected chi connectivity index (χ4v) is 4.02. The number of ketones is 1. The second kappa shape index (κ2) is 13.4. The number of anilines is 1. The van der Waals surface area contributed by atoms with E-state index in [1.165, 1.54) is 42.5 Å². The molecule has 0 bridgehead atoms. The minimum atomic E-state index is -1.08. The van der Waals surface area contributed by atoms with Crippen molar-refractivity contribution in [1.82, 2.24) is 10.6 Å². The van der Waals surface area contributed by atoms with E-state index >= 15 is 0 Å². The maximum atomic E-state index is 13.1. The number of nitrogens with one attached hydrogen (secondary N) is 3. The SMILES string of the molecule is O=C(Cc1ccccc1[N+](=O)[O-])C(=O)Nc1cc(C(=O)NCc2ccccc2)ccc1C(=O)NCc1ccccc1. The quantitative estimate of drug-likeness (QED) is 0.145. The van der Waals surface area contributed by atoms with Gasteiger partial charge in [-0.05, 0) is 29.3 Å². The molecule has 4 rings (SSSR count). The molecule has 4 aromatic rings. The average molecular weight is 551 g/mol. The molecule has 0 saturated carbocycles. The molecule has 0 aliphatic heterocycles. The lowest BCUT2D eigenvalue weighted by Crippen LogP contribution is -2.29. The van der Waals surface area contributed by atoms with Gasteiger partial charge in [0.1, 0.15) is 0 Å². The smallest absolute Gasteiger partial charge is 0.292 e. The number of hydrogen-bond acceptors (Lipinski definition) is 6. The molecule has 41 heavy (non-hydrogen) atoms. The minimum Gasteiger partial charge on any atom is -0.348 e. The molecular weight excluding hydrogens is 524 g/mol. The van der Waals surface area contributed by atoms with Gasteiger partial charge in [-0.1, -0.05) is 78.9 Å². The summed E-state index contributed by atoms with van der Waals surface area (Å²) in [5.41, 5.74) is 1.66. The van der Waals surface area contributed by atoms with Crippen LogP contribution in [0, 0.1) is 10.1 Å². The molecule has 0 spiro atoms. The lowest BCUT2D eigenvalue weighted by Gasteiger charge is -2.14. The third kappa shape index (κ3) is 7.70. The monoisotopic (exact) mass is 550 g/mol. The topological polar surface area (TPSA) is 148 Å². The maximum absolute atomic E-state index is 13.1. The van der Waals surface area contributed by atoms with Crippen LogP contribution in [0.3, 0.4) is 0 Å². The number of Topliss-reactive ketones (excluding diaryl/α,β-unsaturated/α-hetero) is 1. The lowest BCUT2D eigenvalue weighted by molar-refractivity contribution is -0.385. The molecule has 0 unspecified atom stereocenters. The van der Waals surface area contributed by atoms with Crippen molar-refractivity contribution in [3.05, 3.63) is 141 Å². The molecule has 3 N–H and O–H groups in total. The van der Waals surface area contributed by atoms with Gasteiger partial charge in [0, 0.05) is 36.7 Å². The lowest BCUT2D eigenvalue weighted by atomic mass is 10.0. The number of amides is 3. The van der Waals surface area contributed by atoms with Crippen molar-refractivity contribution in [2.24, 2.45) is 0 Å². The number of nitro groups is 1. The zero-order valence-corrected chi connectivity index (χ0v) is 21.8. The van der Waals surface area contributed by atoms with E-state index in [1.807, 2.05) is 60.7 Å². The van der Waals surface area contributed by atoms with Crippen LogP contribution in [-0.2, 0) is 29.1 Å². The first-order valence-corrected chi connectivity index (χ1v) is 12.7. The number of para-hydroxylation sites is 1. The van der Waals surface area contributed by atoms with E-state index in [9.17, 15) is 29.3 Å². The summed E-state index contributed by atoms with van der Waals surface area (Å²) in [5.74, 6) is -3.02. The summed E-state index contributed by atoms with van der Waals surface area (Å²) in [6.45, 7) is 0.470. The highest BCUT2D eigenvalue weighted by atomic mass is 16.6. The van der Waals surface area contributed by atoms with Gasteiger partial charge in [0.05, 0.1) is 16.2 Å². The van der Waals surface area contributed by atoms with Gasteiger partial charge in [-0.25, -0.2) is 0 Å². The van der Waals surface area contributed by atoms with Crippen LogP contribution in [0.2, 0.25) is 0 Å². The van der Waals surface area contributed by atoms with Gasteiger partial charge in [0.25, 0.3) is 23.4 Å². The van der Waals surface area contributed by atoms with Crippen LogP contribution in [0.25, 0.3) is 0 Å². The van der Waals surface area contributed by atoms with Crippen LogP contribution in [0.1, 0.15) is 37.4 Å². The first-order chi connectivity index (χ1) is 19.8. The Bertz CT molecular complexity index is 1590. The summed E-state index contributed by atoms with van der Waals surface area (Å²) in [4.78, 5) is 62.2. The number of benzene rings is 4. The number of nitrogens with zero attached hydrogens (tertiary/aromatic N) is 1. The molecule has 0 heterocycles. The molecule has 10 nitrogen and oxygen atoms in total. The Morgan fingerprint density at radius 2 is 1.24 bits per heavy atom. The molecule has 206 valence electrons. The van der Waals surface area contributed by atoms with Gasteiger partial charge >= 0.3 is 0 Å². The largest absolute Gasteiger partial charge is 0.348 e. The van der Waals surface area contributed by atoms with Crippen molar-refractivity contribution in [1.29, 1.82) is 0 Å². The molecule has 3 amide bonds. The Hall–Kier alpha value is -5.64. The van der Waals surface area contributed by atoms with Crippen molar-refractivity contribution < 1.29 is 24.1 Å². The van der Waals surface area contributed by atoms with Crippen molar-refractivity contribution in [3.63, 3.8) is 0 Å². The summed E-state index contributed by atoms with van der Waals surface area (Å²) >= 11 is 0. The summed E-state index contributed by atoms with van der Waals surface area (Å²) < 4.78 is 0. The van der Waals surface area contributed by atoms with E-state index in [4.69, 9.17) is 0 Å². The Morgan fingerprint density at radius 3 is 1.85 bits per heavy atom. The molecular formula is C31H26N4O6. The van der Waals surface area contributed by atoms with E-state index < -0.39 is 34.8 Å². The number of carbonyl (C=O) groups is 4. The molecule has 0 aromatic heterocycles. The first kappa shape index (κ1) is 28.4. The fourth-order valence-electron chi connectivity index (χ4n) is 4.02. The number of hydrogen-bond donors (Lipinski definition) is 3. The average Bonchev–Trinajstić information content (AvgIpc) is 2.99. The number of carbonyl (C=O) groups excluding carboxylic acids is 4. The van der Waals surface area contributed by atoms with Crippen LogP contribution in [0.5, 0.6) is 0 Å². The van der Waals surface area contributed by atoms with E-state index in [0.29, 0.717) is 0 Å². The minimum absolute atomic E-state index is 0.0346. The third-order valence-electron chi connectivity index (χ3n) is 6.16. The molecule has 0 saturated heterocycles. The Labute approximate surface area is 235 Å². The summed E-state index contributed by atoms with van der Waals surface area (Å²) in [6, 6.07) is 28.2. The van der Waals surface area contributed by atoms with E-state index in [2.05, 4.69) is 16.0 Å². The second-order valence-corrected chi connectivity index (χ2v) is 9.04. The summed E-state index contributed by atoms with van der Waals surface area (Å²) in [5, 5.41) is 19.3. The highest BCUT2D eigenvalue weighted by Crippen LogP contribution is 2.21. The van der Waals surface area contributed by atoms with Crippen molar-refractivity contribution in [3.8, 4) is 0 Å². The molecule has 0 aliphatic rings. The predicted molar refractivity (Wildman–Crippen MR) is 152 cm³/mol. The zero-order valence-electron chi connectivity index (χ0n) is 21.8. The molecule has 0 fully saturated rings. The first-order valence-electron chi connectivity index (χ1n) is 12.7.